The maximum atomic E-state index is 3.92. The minimum absolute atomic E-state index is 0.996. The Kier molecular flexibility index (Phi) is 1.04. The Labute approximate surface area is 56.1 Å². The summed E-state index contributed by atoms with van der Waals surface area (Å²) in [6, 6.07) is 0. The van der Waals surface area contributed by atoms with Gasteiger partial charge in [-0.15, -0.1) is 0 Å². The lowest BCUT2D eigenvalue weighted by Gasteiger charge is -2.41. The van der Waals surface area contributed by atoms with Crippen LogP contribution in [-0.2, 0) is 0 Å². The van der Waals surface area contributed by atoms with Crippen LogP contribution in [0, 0.1) is 11.8 Å². The van der Waals surface area contributed by atoms with E-state index in [4.69, 9.17) is 0 Å². The van der Waals surface area contributed by atoms with Gasteiger partial charge in [0.05, 0.1) is 0 Å². The van der Waals surface area contributed by atoms with Crippen LogP contribution in [0.1, 0.15) is 19.3 Å². The molecule has 0 amide bonds. The van der Waals surface area contributed by atoms with Gasteiger partial charge in [-0.1, -0.05) is 6.58 Å². The van der Waals surface area contributed by atoms with Gasteiger partial charge >= 0.3 is 0 Å². The SMILES string of the molecule is C=C1C[C@@H]2CC[C@@H]2CN1. The number of nitrogens with one attached hydrogen (secondary N) is 1. The highest BCUT2D eigenvalue weighted by Crippen LogP contribution is 2.40. The van der Waals surface area contributed by atoms with Crippen LogP contribution in [0.4, 0.5) is 0 Å². The molecule has 1 nitrogen and oxygen atoms in total. The third-order valence-electron chi connectivity index (χ3n) is 2.70. The van der Waals surface area contributed by atoms with Crippen molar-refractivity contribution in [1.82, 2.24) is 5.32 Å². The first-order valence-electron chi connectivity index (χ1n) is 3.78. The Balaban J connectivity index is 1.99. The first-order valence-corrected chi connectivity index (χ1v) is 3.78. The van der Waals surface area contributed by atoms with E-state index in [9.17, 15) is 0 Å². The summed E-state index contributed by atoms with van der Waals surface area (Å²) in [4.78, 5) is 0. The summed E-state index contributed by atoms with van der Waals surface area (Å²) in [6.45, 7) is 5.12. The zero-order valence-corrected chi connectivity index (χ0v) is 5.69. The van der Waals surface area contributed by atoms with Crippen LogP contribution >= 0.6 is 0 Å². The van der Waals surface area contributed by atoms with Gasteiger partial charge in [0.2, 0.25) is 0 Å². The Morgan fingerprint density at radius 3 is 2.56 bits per heavy atom. The van der Waals surface area contributed by atoms with Crippen LogP contribution in [0.15, 0.2) is 12.3 Å². The van der Waals surface area contributed by atoms with Crippen LogP contribution in [-0.4, -0.2) is 6.54 Å². The van der Waals surface area contributed by atoms with Crippen LogP contribution < -0.4 is 5.32 Å². The summed E-state index contributed by atoms with van der Waals surface area (Å²) in [5, 5.41) is 3.32. The molecule has 0 bridgehead atoms. The molecule has 1 aliphatic carbocycles. The summed E-state index contributed by atoms with van der Waals surface area (Å²) in [5.74, 6) is 1.99. The predicted octanol–water partition coefficient (Wildman–Crippen LogP) is 1.52. The molecular weight excluding hydrogens is 110 g/mol. The Morgan fingerprint density at radius 2 is 2.11 bits per heavy atom. The minimum Gasteiger partial charge on any atom is -0.389 e. The van der Waals surface area contributed by atoms with Crippen molar-refractivity contribution in [1.29, 1.82) is 0 Å². The minimum atomic E-state index is 0.996. The summed E-state index contributed by atoms with van der Waals surface area (Å²) in [5.41, 5.74) is 1.26. The Hall–Kier alpha value is -0.460. The van der Waals surface area contributed by atoms with Crippen LogP contribution in [0.2, 0.25) is 0 Å². The lowest BCUT2D eigenvalue weighted by molar-refractivity contribution is 0.149. The molecule has 1 heterocycles. The molecule has 9 heavy (non-hydrogen) atoms. The van der Waals surface area contributed by atoms with Crippen molar-refractivity contribution >= 4 is 0 Å². The summed E-state index contributed by atoms with van der Waals surface area (Å²) in [6.07, 6.45) is 4.14. The zero-order valence-electron chi connectivity index (χ0n) is 5.69. The van der Waals surface area contributed by atoms with Gasteiger partial charge in [-0.25, -0.2) is 0 Å². The van der Waals surface area contributed by atoms with Crippen LogP contribution in [0.3, 0.4) is 0 Å². The molecule has 1 N–H and O–H groups in total. The number of hydrogen-bond donors (Lipinski definition) is 1. The molecule has 1 aliphatic heterocycles. The smallest absolute Gasteiger partial charge is 0.0174 e. The molecule has 0 radical (unpaired) electrons. The van der Waals surface area contributed by atoms with Crippen LogP contribution in [0.25, 0.3) is 0 Å². The average Bonchev–Trinajstić information content (AvgIpc) is 1.78. The third kappa shape index (κ3) is 0.752. The van der Waals surface area contributed by atoms with E-state index in [1.54, 1.807) is 0 Å². The monoisotopic (exact) mass is 123 g/mol. The number of hydrogen-bond acceptors (Lipinski definition) is 1. The molecule has 50 valence electrons. The van der Waals surface area contributed by atoms with E-state index in [0.717, 1.165) is 11.8 Å². The molecule has 2 fully saturated rings. The lowest BCUT2D eigenvalue weighted by atomic mass is 9.69. The normalized spacial score (nSPS) is 40.7. The quantitative estimate of drug-likeness (QED) is 0.515. The van der Waals surface area contributed by atoms with E-state index < -0.39 is 0 Å². The number of rotatable bonds is 0. The molecule has 1 saturated heterocycles. The molecule has 2 rings (SSSR count). The van der Waals surface area contributed by atoms with E-state index in [2.05, 4.69) is 11.9 Å². The van der Waals surface area contributed by atoms with Gasteiger partial charge < -0.3 is 5.32 Å². The maximum absolute atomic E-state index is 3.92. The van der Waals surface area contributed by atoms with E-state index >= 15 is 0 Å². The standard InChI is InChI=1S/C8H13N/c1-6-4-7-2-3-8(7)5-9-6/h7-9H,1-5H2/t7-,8+/m0/s1. The average molecular weight is 123 g/mol. The van der Waals surface area contributed by atoms with E-state index in [1.807, 2.05) is 0 Å². The maximum Gasteiger partial charge on any atom is 0.0174 e. The fourth-order valence-corrected chi connectivity index (χ4v) is 1.84. The first kappa shape index (κ1) is 5.33. The van der Waals surface area contributed by atoms with Crippen molar-refractivity contribution in [3.8, 4) is 0 Å². The molecule has 2 aliphatic rings. The molecule has 0 aromatic rings. The largest absolute Gasteiger partial charge is 0.389 e. The van der Waals surface area contributed by atoms with E-state index in [-0.39, 0.29) is 0 Å². The molecule has 0 aromatic carbocycles. The molecule has 2 atom stereocenters. The molecule has 0 unspecified atom stereocenters. The third-order valence-corrected chi connectivity index (χ3v) is 2.70. The summed E-state index contributed by atoms with van der Waals surface area (Å²) < 4.78 is 0. The van der Waals surface area contributed by atoms with Gasteiger partial charge in [-0.05, 0) is 31.1 Å². The van der Waals surface area contributed by atoms with Crippen molar-refractivity contribution in [3.63, 3.8) is 0 Å². The van der Waals surface area contributed by atoms with Gasteiger partial charge in [-0.2, -0.15) is 0 Å². The van der Waals surface area contributed by atoms with Crippen molar-refractivity contribution in [2.75, 3.05) is 6.54 Å². The second-order valence-corrected chi connectivity index (χ2v) is 3.29. The van der Waals surface area contributed by atoms with E-state index in [1.165, 1.54) is 31.5 Å². The number of allylic oxidation sites excluding steroid dienone is 1. The second kappa shape index (κ2) is 1.76. The Morgan fingerprint density at radius 1 is 1.33 bits per heavy atom. The van der Waals surface area contributed by atoms with Crippen molar-refractivity contribution in [3.05, 3.63) is 12.3 Å². The molecule has 0 spiro atoms. The Bertz CT molecular complexity index is 140. The fourth-order valence-electron chi connectivity index (χ4n) is 1.84. The van der Waals surface area contributed by atoms with E-state index in [0.29, 0.717) is 0 Å². The molecule has 1 saturated carbocycles. The highest BCUT2D eigenvalue weighted by atomic mass is 14.9. The van der Waals surface area contributed by atoms with Crippen LogP contribution in [0.5, 0.6) is 0 Å². The highest BCUT2D eigenvalue weighted by molar-refractivity contribution is 5.03. The summed E-state index contributed by atoms with van der Waals surface area (Å²) >= 11 is 0. The van der Waals surface area contributed by atoms with Gasteiger partial charge in [0, 0.05) is 12.2 Å². The molecule has 0 aromatic heterocycles. The van der Waals surface area contributed by atoms with Gasteiger partial charge in [0.25, 0.3) is 0 Å². The van der Waals surface area contributed by atoms with Gasteiger partial charge in [0.15, 0.2) is 0 Å². The zero-order chi connectivity index (χ0) is 6.27. The highest BCUT2D eigenvalue weighted by Gasteiger charge is 2.33. The fraction of sp³-hybridized carbons (Fsp3) is 0.750. The predicted molar refractivity (Wildman–Crippen MR) is 38.0 cm³/mol. The van der Waals surface area contributed by atoms with Crippen molar-refractivity contribution < 1.29 is 0 Å². The first-order chi connectivity index (χ1) is 4.36. The van der Waals surface area contributed by atoms with Crippen molar-refractivity contribution in [2.45, 2.75) is 19.3 Å². The molecule has 1 heteroatoms. The van der Waals surface area contributed by atoms with Gasteiger partial charge in [0.1, 0.15) is 0 Å². The summed E-state index contributed by atoms with van der Waals surface area (Å²) in [7, 11) is 0. The topological polar surface area (TPSA) is 12.0 Å². The van der Waals surface area contributed by atoms with Crippen molar-refractivity contribution in [2.24, 2.45) is 11.8 Å². The number of fused-ring (bicyclic) bond motifs is 1. The lowest BCUT2D eigenvalue weighted by Crippen LogP contribution is -2.40. The van der Waals surface area contributed by atoms with Gasteiger partial charge in [-0.3, -0.25) is 0 Å². The second-order valence-electron chi connectivity index (χ2n) is 3.29. The molecular formula is C8H13N. The number of piperidine rings is 1.